The standard InChI is InChI=1S/CH3O2P/c1-4(2)3/h1H2,(H,2,3)/p-1. The highest BCUT2D eigenvalue weighted by Crippen LogP contribution is 1.73. The minimum atomic E-state index is -2.37. The van der Waals surface area contributed by atoms with Gasteiger partial charge in [0.05, 0.1) is 0 Å². The van der Waals surface area contributed by atoms with E-state index in [0.29, 0.717) is 0 Å². The molecule has 0 aromatic rings. The van der Waals surface area contributed by atoms with Crippen molar-refractivity contribution in [2.75, 3.05) is 0 Å². The van der Waals surface area contributed by atoms with Crippen LogP contribution < -0.4 is 4.89 Å². The van der Waals surface area contributed by atoms with Gasteiger partial charge >= 0.3 is 0 Å². The van der Waals surface area contributed by atoms with E-state index < -0.39 is 7.65 Å². The third-order valence-corrected chi connectivity index (χ3v) is 0. The highest BCUT2D eigenvalue weighted by atomic mass is 31.1. The molecule has 24 valence electrons. The first-order valence-corrected chi connectivity index (χ1v) is 2.04. The summed E-state index contributed by atoms with van der Waals surface area (Å²) < 4.78 is 8.93. The summed E-state index contributed by atoms with van der Waals surface area (Å²) in [4.78, 5) is 8.93. The fraction of sp³-hybridized carbons (Fsp3) is 0. The number of rotatable bonds is 0. The van der Waals surface area contributed by atoms with Crippen molar-refractivity contribution < 1.29 is 9.46 Å². The average molecular weight is 77.0 g/mol. The van der Waals surface area contributed by atoms with Gasteiger partial charge in [-0.2, -0.15) is 0 Å². The molecule has 0 aliphatic carbocycles. The Morgan fingerprint density at radius 1 is 2.00 bits per heavy atom. The maximum absolute atomic E-state index is 8.93. The minimum absolute atomic E-state index is 2.37. The van der Waals surface area contributed by atoms with Crippen LogP contribution in [0.3, 0.4) is 0 Å². The van der Waals surface area contributed by atoms with Crippen molar-refractivity contribution in [3.05, 3.63) is 0 Å². The molecule has 2 nitrogen and oxygen atoms in total. The summed E-state index contributed by atoms with van der Waals surface area (Å²) in [7, 11) is -2.37. The molecule has 3 heteroatoms. The molecule has 0 radical (unpaired) electrons. The SMILES string of the molecule is C=P(=O)[O-]. The molecule has 4 heavy (non-hydrogen) atoms. The molecule has 0 heterocycles. The van der Waals surface area contributed by atoms with Crippen LogP contribution in [0.1, 0.15) is 0 Å². The van der Waals surface area contributed by atoms with E-state index >= 15 is 0 Å². The van der Waals surface area contributed by atoms with Crippen LogP contribution in [0.2, 0.25) is 0 Å². The van der Waals surface area contributed by atoms with Gasteiger partial charge in [-0.15, -0.1) is 0 Å². The van der Waals surface area contributed by atoms with E-state index in [1.54, 1.807) is 0 Å². The van der Waals surface area contributed by atoms with Crippen LogP contribution in [0.25, 0.3) is 0 Å². The van der Waals surface area contributed by atoms with E-state index in [4.69, 9.17) is 9.46 Å². The Kier molecular flexibility index (Phi) is 1.25. The Bertz CT molecular complexity index is 54.4. The summed E-state index contributed by atoms with van der Waals surface area (Å²) in [5.41, 5.74) is 0. The molecule has 0 aromatic heterocycles. The minimum Gasteiger partial charge on any atom is -0.777 e. The van der Waals surface area contributed by atoms with Gasteiger partial charge in [-0.1, -0.05) is 6.30 Å². The Balaban J connectivity index is 3.51. The molecule has 1 unspecified atom stereocenters. The molecule has 0 spiro atoms. The Morgan fingerprint density at radius 2 is 2.00 bits per heavy atom. The topological polar surface area (TPSA) is 40.1 Å². The zero-order valence-electron chi connectivity index (χ0n) is 1.97. The van der Waals surface area contributed by atoms with E-state index in [-0.39, 0.29) is 0 Å². The molecule has 0 saturated heterocycles. The molecule has 0 rings (SSSR count). The van der Waals surface area contributed by atoms with Crippen molar-refractivity contribution in [3.63, 3.8) is 0 Å². The molecule has 0 amide bonds. The summed E-state index contributed by atoms with van der Waals surface area (Å²) in [6, 6.07) is 0. The summed E-state index contributed by atoms with van der Waals surface area (Å²) in [6.07, 6.45) is 2.59. The summed E-state index contributed by atoms with van der Waals surface area (Å²) in [6.45, 7) is 0. The van der Waals surface area contributed by atoms with Crippen molar-refractivity contribution in [3.8, 4) is 0 Å². The molecule has 0 bridgehead atoms. The zero-order chi connectivity index (χ0) is 3.58. The molecular formula is CH2O2P-. The largest absolute Gasteiger partial charge is 0.777 e. The van der Waals surface area contributed by atoms with E-state index in [1.165, 1.54) is 0 Å². The third-order valence-electron chi connectivity index (χ3n) is 0. The van der Waals surface area contributed by atoms with Crippen molar-refractivity contribution in [2.45, 2.75) is 0 Å². The second-order valence-corrected chi connectivity index (χ2v) is 0.998. The first-order chi connectivity index (χ1) is 1.73. The van der Waals surface area contributed by atoms with Crippen LogP contribution in [0.4, 0.5) is 0 Å². The molecule has 0 aliphatic rings. The van der Waals surface area contributed by atoms with Crippen LogP contribution in [0.5, 0.6) is 0 Å². The molecule has 0 fully saturated rings. The van der Waals surface area contributed by atoms with Crippen LogP contribution in [-0.2, 0) is 4.57 Å². The second kappa shape index (κ2) is 1.27. The van der Waals surface area contributed by atoms with Crippen LogP contribution in [0, 0.1) is 0 Å². The van der Waals surface area contributed by atoms with Gasteiger partial charge in [0.1, 0.15) is 0 Å². The van der Waals surface area contributed by atoms with Crippen molar-refractivity contribution in [2.24, 2.45) is 0 Å². The van der Waals surface area contributed by atoms with Gasteiger partial charge < -0.3 is 4.89 Å². The monoisotopic (exact) mass is 77.0 g/mol. The van der Waals surface area contributed by atoms with Gasteiger partial charge in [0.2, 0.25) is 0 Å². The maximum atomic E-state index is 8.93. The number of hydrogen-bond acceptors (Lipinski definition) is 2. The zero-order valence-corrected chi connectivity index (χ0v) is 2.87. The third kappa shape index (κ3) is 341. The fourth-order valence-electron chi connectivity index (χ4n) is 0. The second-order valence-electron chi connectivity index (χ2n) is 0.333. The summed E-state index contributed by atoms with van der Waals surface area (Å²) in [5, 5.41) is 0. The van der Waals surface area contributed by atoms with Crippen LogP contribution in [-0.4, -0.2) is 6.30 Å². The van der Waals surface area contributed by atoms with Gasteiger partial charge in [0.25, 0.3) is 0 Å². The lowest BCUT2D eigenvalue weighted by atomic mass is 12.0. The van der Waals surface area contributed by atoms with E-state index in [2.05, 4.69) is 6.30 Å². The maximum Gasteiger partial charge on any atom is 0.0102 e. The summed E-state index contributed by atoms with van der Waals surface area (Å²) >= 11 is 0. The first-order valence-electron chi connectivity index (χ1n) is 0.681. The molecule has 0 N–H and O–H groups in total. The van der Waals surface area contributed by atoms with E-state index in [1.807, 2.05) is 0 Å². The average Bonchev–Trinajstić information content (AvgIpc) is 0.811. The smallest absolute Gasteiger partial charge is 0.0102 e. The lowest BCUT2D eigenvalue weighted by Crippen LogP contribution is -1.71. The van der Waals surface area contributed by atoms with Gasteiger partial charge in [0.15, 0.2) is 0 Å². The van der Waals surface area contributed by atoms with E-state index in [0.717, 1.165) is 0 Å². The summed E-state index contributed by atoms with van der Waals surface area (Å²) in [5.74, 6) is 0. The first kappa shape index (κ1) is 3.93. The van der Waals surface area contributed by atoms with E-state index in [9.17, 15) is 0 Å². The normalized spacial score (nSPS) is 10.8. The van der Waals surface area contributed by atoms with Gasteiger partial charge in [0, 0.05) is 7.65 Å². The predicted molar refractivity (Wildman–Crippen MR) is 14.7 cm³/mol. The van der Waals surface area contributed by atoms with Crippen LogP contribution >= 0.6 is 7.65 Å². The number of hydrogen-bond donors (Lipinski definition) is 0. The highest BCUT2D eigenvalue weighted by molar-refractivity contribution is 7.35. The Morgan fingerprint density at radius 3 is 2.00 bits per heavy atom. The van der Waals surface area contributed by atoms with Crippen molar-refractivity contribution >= 4 is 14.0 Å². The molecule has 0 aliphatic heterocycles. The molecular weight excluding hydrogens is 75.0 g/mol. The highest BCUT2D eigenvalue weighted by Gasteiger charge is 1.23. The lowest BCUT2D eigenvalue weighted by Gasteiger charge is -1.71. The molecule has 1 atom stereocenters. The quantitative estimate of drug-likeness (QED) is 0.366. The Hall–Kier alpha value is -0.0700. The lowest BCUT2D eigenvalue weighted by molar-refractivity contribution is -0.156. The van der Waals surface area contributed by atoms with Gasteiger partial charge in [-0.25, -0.2) is 0 Å². The molecule has 0 saturated carbocycles. The van der Waals surface area contributed by atoms with Crippen molar-refractivity contribution in [1.82, 2.24) is 0 Å². The van der Waals surface area contributed by atoms with Gasteiger partial charge in [-0.05, 0) is 0 Å². The van der Waals surface area contributed by atoms with Crippen molar-refractivity contribution in [1.29, 1.82) is 0 Å². The van der Waals surface area contributed by atoms with Gasteiger partial charge in [-0.3, -0.25) is 4.57 Å². The molecule has 0 aromatic carbocycles. The predicted octanol–water partition coefficient (Wildman–Crippen LogP) is -0.479. The van der Waals surface area contributed by atoms with Crippen LogP contribution in [0.15, 0.2) is 0 Å². The Labute approximate surface area is 24.6 Å². The fourth-order valence-corrected chi connectivity index (χ4v) is 0.